The van der Waals surface area contributed by atoms with Gasteiger partial charge in [0.1, 0.15) is 5.82 Å². The van der Waals surface area contributed by atoms with E-state index in [1.807, 2.05) is 48.5 Å². The fraction of sp³-hybridized carbons (Fsp3) is 0. The summed E-state index contributed by atoms with van der Waals surface area (Å²) in [7, 11) is 0. The number of primary amides is 1. The molecular formula is C18H16N4O2. The van der Waals surface area contributed by atoms with Crippen molar-refractivity contribution in [3.8, 4) is 0 Å². The van der Waals surface area contributed by atoms with Gasteiger partial charge in [-0.25, -0.2) is 4.79 Å². The highest BCUT2D eigenvalue weighted by Crippen LogP contribution is 2.26. The van der Waals surface area contributed by atoms with Crippen LogP contribution in [0.4, 0.5) is 10.6 Å². The maximum absolute atomic E-state index is 12.7. The Labute approximate surface area is 138 Å². The highest BCUT2D eigenvalue weighted by atomic mass is 16.2. The molecule has 0 saturated carbocycles. The Morgan fingerprint density at radius 1 is 1.00 bits per heavy atom. The summed E-state index contributed by atoms with van der Waals surface area (Å²) in [6.45, 7) is 3.89. The van der Waals surface area contributed by atoms with Gasteiger partial charge in [-0.2, -0.15) is 0 Å². The first-order valence-electron chi connectivity index (χ1n) is 7.29. The molecule has 0 spiro atoms. The van der Waals surface area contributed by atoms with Gasteiger partial charge in [0.05, 0.1) is 5.56 Å². The molecule has 0 aliphatic carbocycles. The number of fused-ring (bicyclic) bond motifs is 1. The van der Waals surface area contributed by atoms with E-state index in [4.69, 9.17) is 5.73 Å². The first-order valence-corrected chi connectivity index (χ1v) is 7.29. The smallest absolute Gasteiger partial charge is 0.317 e. The van der Waals surface area contributed by atoms with Crippen LogP contribution in [0.3, 0.4) is 0 Å². The van der Waals surface area contributed by atoms with Crippen LogP contribution in [0.5, 0.6) is 0 Å². The van der Waals surface area contributed by atoms with Gasteiger partial charge in [0.2, 0.25) is 0 Å². The first kappa shape index (κ1) is 15.4. The molecule has 0 aliphatic heterocycles. The average Bonchev–Trinajstić information content (AvgIpc) is 2.92. The van der Waals surface area contributed by atoms with E-state index in [-0.39, 0.29) is 11.7 Å². The lowest BCUT2D eigenvalue weighted by molar-refractivity contribution is 0.0976. The summed E-state index contributed by atoms with van der Waals surface area (Å²) in [6.07, 6.45) is 0. The van der Waals surface area contributed by atoms with E-state index in [0.29, 0.717) is 16.6 Å². The number of hydrogen-bond donors (Lipinski definition) is 4. The fourth-order valence-electron chi connectivity index (χ4n) is 2.51. The van der Waals surface area contributed by atoms with Gasteiger partial charge in [-0.3, -0.25) is 10.1 Å². The molecule has 0 fully saturated rings. The Morgan fingerprint density at radius 2 is 1.67 bits per heavy atom. The number of anilines is 1. The predicted molar refractivity (Wildman–Crippen MR) is 94.4 cm³/mol. The minimum atomic E-state index is -0.752. The lowest BCUT2D eigenvalue weighted by Crippen LogP contribution is -2.25. The molecule has 3 rings (SSSR count). The van der Waals surface area contributed by atoms with Crippen molar-refractivity contribution in [2.75, 3.05) is 5.32 Å². The topological polar surface area (TPSA) is 100 Å². The maximum Gasteiger partial charge on any atom is 0.317 e. The number of para-hydroxylation sites is 1. The zero-order chi connectivity index (χ0) is 17.1. The molecule has 6 heteroatoms. The lowest BCUT2D eigenvalue weighted by atomic mass is 10.1. The molecule has 0 saturated heterocycles. The summed E-state index contributed by atoms with van der Waals surface area (Å²) in [6, 6.07) is 15.8. The normalized spacial score (nSPS) is 10.3. The van der Waals surface area contributed by atoms with Gasteiger partial charge in [-0.05, 0) is 11.6 Å². The highest BCUT2D eigenvalue weighted by molar-refractivity contribution is 6.15. The summed E-state index contributed by atoms with van der Waals surface area (Å²) in [5.74, 6) is -0.132. The maximum atomic E-state index is 12.7. The van der Waals surface area contributed by atoms with Crippen LogP contribution in [-0.2, 0) is 0 Å². The molecule has 120 valence electrons. The van der Waals surface area contributed by atoms with Crippen molar-refractivity contribution in [3.05, 3.63) is 72.3 Å². The molecule has 1 aromatic heterocycles. The van der Waals surface area contributed by atoms with E-state index >= 15 is 0 Å². The number of rotatable bonds is 4. The number of carbonyl (C=O) groups excluding carboxylic acids is 2. The van der Waals surface area contributed by atoms with Crippen LogP contribution in [0.25, 0.3) is 16.6 Å². The Bertz CT molecular complexity index is 929. The molecule has 24 heavy (non-hydrogen) atoms. The molecule has 3 amide bonds. The third-order valence-corrected chi connectivity index (χ3v) is 3.57. The zero-order valence-corrected chi connectivity index (χ0v) is 12.8. The molecule has 0 bridgehead atoms. The van der Waals surface area contributed by atoms with Crippen molar-refractivity contribution in [3.63, 3.8) is 0 Å². The molecule has 0 aliphatic rings. The number of carbonyl (C=O) groups is 2. The Balaban J connectivity index is 1.96. The molecule has 0 atom stereocenters. The molecule has 2 aromatic carbocycles. The van der Waals surface area contributed by atoms with Crippen molar-refractivity contribution < 1.29 is 9.59 Å². The van der Waals surface area contributed by atoms with Crippen LogP contribution in [0.2, 0.25) is 0 Å². The number of nitrogens with two attached hydrogens (primary N) is 1. The standard InChI is InChI=1S/C18H16N4O2/c1-11(12-7-3-2-4-8-12)20-17(23)15-13-9-5-6-10-14(13)21-16(15)22-18(19)24/h2-10,21H,1H2,(H,20,23)(H3,19,22,24). The van der Waals surface area contributed by atoms with Gasteiger partial charge in [0.25, 0.3) is 5.91 Å². The highest BCUT2D eigenvalue weighted by Gasteiger charge is 2.20. The van der Waals surface area contributed by atoms with E-state index in [0.717, 1.165) is 11.1 Å². The number of amides is 3. The van der Waals surface area contributed by atoms with Crippen molar-refractivity contribution >= 4 is 34.4 Å². The third kappa shape index (κ3) is 2.98. The number of nitrogens with one attached hydrogen (secondary N) is 3. The Morgan fingerprint density at radius 3 is 2.38 bits per heavy atom. The van der Waals surface area contributed by atoms with Gasteiger partial charge in [0.15, 0.2) is 0 Å². The summed E-state index contributed by atoms with van der Waals surface area (Å²) < 4.78 is 0. The van der Waals surface area contributed by atoms with E-state index < -0.39 is 6.03 Å². The molecule has 3 aromatic rings. The van der Waals surface area contributed by atoms with Gasteiger partial charge in [-0.15, -0.1) is 0 Å². The van der Waals surface area contributed by atoms with Crippen LogP contribution in [0.15, 0.2) is 61.2 Å². The van der Waals surface area contributed by atoms with Gasteiger partial charge in [-0.1, -0.05) is 55.1 Å². The molecular weight excluding hydrogens is 304 g/mol. The quantitative estimate of drug-likeness (QED) is 0.594. The van der Waals surface area contributed by atoms with Gasteiger partial charge >= 0.3 is 6.03 Å². The van der Waals surface area contributed by atoms with Crippen molar-refractivity contribution in [2.24, 2.45) is 5.73 Å². The first-order chi connectivity index (χ1) is 11.6. The van der Waals surface area contributed by atoms with Crippen molar-refractivity contribution in [1.82, 2.24) is 10.3 Å². The van der Waals surface area contributed by atoms with E-state index in [1.165, 1.54) is 0 Å². The van der Waals surface area contributed by atoms with Crippen LogP contribution < -0.4 is 16.4 Å². The number of H-pyrrole nitrogens is 1. The number of hydrogen-bond acceptors (Lipinski definition) is 2. The zero-order valence-electron chi connectivity index (χ0n) is 12.8. The lowest BCUT2D eigenvalue weighted by Gasteiger charge is -2.09. The van der Waals surface area contributed by atoms with Crippen LogP contribution in [0.1, 0.15) is 15.9 Å². The number of aromatic nitrogens is 1. The summed E-state index contributed by atoms with van der Waals surface area (Å²) in [4.78, 5) is 26.9. The molecule has 0 radical (unpaired) electrons. The minimum Gasteiger partial charge on any atom is -0.351 e. The van der Waals surface area contributed by atoms with Crippen molar-refractivity contribution in [2.45, 2.75) is 0 Å². The second-order valence-corrected chi connectivity index (χ2v) is 5.21. The summed E-state index contributed by atoms with van der Waals surface area (Å²) in [5, 5.41) is 5.89. The molecule has 0 unspecified atom stereocenters. The largest absolute Gasteiger partial charge is 0.351 e. The molecule has 5 N–H and O–H groups in total. The second-order valence-electron chi connectivity index (χ2n) is 5.21. The Hall–Kier alpha value is -3.54. The van der Waals surface area contributed by atoms with Crippen LogP contribution in [-0.4, -0.2) is 16.9 Å². The second kappa shape index (κ2) is 6.29. The third-order valence-electron chi connectivity index (χ3n) is 3.57. The SMILES string of the molecule is C=C(NC(=O)c1c(NC(N)=O)[nH]c2ccccc12)c1ccccc1. The molecule has 1 heterocycles. The summed E-state index contributed by atoms with van der Waals surface area (Å²) in [5.41, 5.74) is 7.48. The summed E-state index contributed by atoms with van der Waals surface area (Å²) >= 11 is 0. The fourth-order valence-corrected chi connectivity index (χ4v) is 2.51. The Kier molecular flexibility index (Phi) is 4.03. The molecule has 6 nitrogen and oxygen atoms in total. The van der Waals surface area contributed by atoms with Gasteiger partial charge < -0.3 is 16.0 Å². The monoisotopic (exact) mass is 320 g/mol. The van der Waals surface area contributed by atoms with E-state index in [2.05, 4.69) is 22.2 Å². The van der Waals surface area contributed by atoms with E-state index in [9.17, 15) is 9.59 Å². The van der Waals surface area contributed by atoms with Crippen molar-refractivity contribution in [1.29, 1.82) is 0 Å². The van der Waals surface area contributed by atoms with Gasteiger partial charge in [0, 0.05) is 16.6 Å². The van der Waals surface area contributed by atoms with Crippen LogP contribution >= 0.6 is 0 Å². The van der Waals surface area contributed by atoms with Crippen LogP contribution in [0, 0.1) is 0 Å². The minimum absolute atomic E-state index is 0.252. The average molecular weight is 320 g/mol. The number of urea groups is 1. The number of aromatic amines is 1. The van der Waals surface area contributed by atoms with E-state index in [1.54, 1.807) is 6.07 Å². The number of benzene rings is 2. The predicted octanol–water partition coefficient (Wildman–Crippen LogP) is 3.06.